The van der Waals surface area contributed by atoms with Crippen molar-refractivity contribution in [2.45, 2.75) is 86.5 Å². The van der Waals surface area contributed by atoms with E-state index in [1.807, 2.05) is 0 Å². The van der Waals surface area contributed by atoms with E-state index < -0.39 is 0 Å². The normalized spacial score (nSPS) is 12.7. The number of carbonyl (C=O) groups excluding carboxylic acids is 1. The summed E-state index contributed by atoms with van der Waals surface area (Å²) in [5.74, 6) is -0.378. The Morgan fingerprint density at radius 2 is 1.63 bits per heavy atom. The molecule has 0 heterocycles. The van der Waals surface area contributed by atoms with Crippen molar-refractivity contribution in [2.75, 3.05) is 7.11 Å². The predicted molar refractivity (Wildman–Crippen MR) is 128 cm³/mol. The van der Waals surface area contributed by atoms with Crippen LogP contribution in [0.1, 0.15) is 87.1 Å². The molecule has 2 aromatic carbocycles. The summed E-state index contributed by atoms with van der Waals surface area (Å²) in [7, 11) is 1.51. The lowest BCUT2D eigenvalue weighted by atomic mass is 9.79. The maximum absolute atomic E-state index is 12.9. The minimum Gasteiger partial charge on any atom is -0.469 e. The maximum Gasteiger partial charge on any atom is 0.313 e. The van der Waals surface area contributed by atoms with Gasteiger partial charge in [0.05, 0.1) is 13.0 Å². The maximum atomic E-state index is 12.9. The molecule has 30 heavy (non-hydrogen) atoms. The van der Waals surface area contributed by atoms with Crippen molar-refractivity contribution in [2.24, 2.45) is 5.41 Å². The van der Waals surface area contributed by atoms with Gasteiger partial charge in [0, 0.05) is 0 Å². The lowest BCUT2D eigenvalue weighted by molar-refractivity contribution is -0.142. The van der Waals surface area contributed by atoms with Crippen LogP contribution < -0.4 is 0 Å². The zero-order valence-electron chi connectivity index (χ0n) is 20.3. The van der Waals surface area contributed by atoms with Gasteiger partial charge in [-0.2, -0.15) is 0 Å². The summed E-state index contributed by atoms with van der Waals surface area (Å²) in [5.41, 5.74) is 8.85. The van der Waals surface area contributed by atoms with Gasteiger partial charge in [-0.25, -0.2) is 0 Å². The second-order valence-electron chi connectivity index (χ2n) is 9.91. The van der Waals surface area contributed by atoms with Gasteiger partial charge < -0.3 is 4.74 Å². The molecule has 0 saturated heterocycles. The van der Waals surface area contributed by atoms with Crippen LogP contribution >= 0.6 is 0 Å². The molecule has 2 aromatic rings. The molecule has 0 radical (unpaired) electrons. The standard InChI is InChI=1S/C28H40O2/c1-9-10-11-22-18-23(15-14-19(22)2)25-20(3)12-13-21(4)26(25)24(27(29)30-8)16-17-28(5,6)7/h12-15,18,24H,9-11,16-17H2,1-8H3. The zero-order valence-corrected chi connectivity index (χ0v) is 20.3. The summed E-state index contributed by atoms with van der Waals surface area (Å²) in [6.07, 6.45) is 5.24. The number of carbonyl (C=O) groups is 1. The molecular weight excluding hydrogens is 368 g/mol. The Bertz CT molecular complexity index is 871. The number of rotatable bonds is 8. The number of ether oxygens (including phenoxy) is 1. The third-order valence-electron chi connectivity index (χ3n) is 6.13. The smallest absolute Gasteiger partial charge is 0.313 e. The molecule has 2 nitrogen and oxygen atoms in total. The second kappa shape index (κ2) is 10.3. The number of aryl methyl sites for hydroxylation is 4. The predicted octanol–water partition coefficient (Wildman–Crippen LogP) is 7.70. The van der Waals surface area contributed by atoms with Crippen LogP contribution in [0.5, 0.6) is 0 Å². The van der Waals surface area contributed by atoms with Gasteiger partial charge >= 0.3 is 5.97 Å². The molecule has 0 fully saturated rings. The lowest BCUT2D eigenvalue weighted by Crippen LogP contribution is -2.19. The van der Waals surface area contributed by atoms with E-state index in [1.54, 1.807) is 0 Å². The lowest BCUT2D eigenvalue weighted by Gasteiger charge is -2.26. The molecule has 2 heteroatoms. The van der Waals surface area contributed by atoms with Crippen LogP contribution in [0.15, 0.2) is 30.3 Å². The van der Waals surface area contributed by atoms with Gasteiger partial charge in [-0.1, -0.05) is 64.4 Å². The topological polar surface area (TPSA) is 26.3 Å². The van der Waals surface area contributed by atoms with Gasteiger partial charge in [0.25, 0.3) is 0 Å². The van der Waals surface area contributed by atoms with Crippen molar-refractivity contribution in [3.8, 4) is 11.1 Å². The first-order valence-electron chi connectivity index (χ1n) is 11.4. The van der Waals surface area contributed by atoms with E-state index in [0.717, 1.165) is 30.4 Å². The summed E-state index contributed by atoms with van der Waals surface area (Å²) in [6.45, 7) is 15.4. The Morgan fingerprint density at radius 3 is 2.23 bits per heavy atom. The molecular formula is C28H40O2. The van der Waals surface area contributed by atoms with Gasteiger partial charge in [0.1, 0.15) is 0 Å². The van der Waals surface area contributed by atoms with Crippen molar-refractivity contribution in [1.82, 2.24) is 0 Å². The van der Waals surface area contributed by atoms with Crippen molar-refractivity contribution in [3.05, 3.63) is 58.1 Å². The molecule has 1 atom stereocenters. The van der Waals surface area contributed by atoms with E-state index in [0.29, 0.717) is 0 Å². The fourth-order valence-corrected chi connectivity index (χ4v) is 4.23. The van der Waals surface area contributed by atoms with Crippen LogP contribution in [0.2, 0.25) is 0 Å². The van der Waals surface area contributed by atoms with Gasteiger partial charge in [-0.05, 0) is 90.8 Å². The van der Waals surface area contributed by atoms with Gasteiger partial charge in [-0.15, -0.1) is 0 Å². The van der Waals surface area contributed by atoms with Gasteiger partial charge in [0.2, 0.25) is 0 Å². The minimum atomic E-state index is -0.246. The number of esters is 1. The Morgan fingerprint density at radius 1 is 1.00 bits per heavy atom. The summed E-state index contributed by atoms with van der Waals surface area (Å²) < 4.78 is 5.27. The van der Waals surface area contributed by atoms with Crippen molar-refractivity contribution >= 4 is 5.97 Å². The number of hydrogen-bond acceptors (Lipinski definition) is 2. The highest BCUT2D eigenvalue weighted by Gasteiger charge is 2.29. The van der Waals surface area contributed by atoms with E-state index in [1.165, 1.54) is 47.8 Å². The molecule has 164 valence electrons. The first-order valence-corrected chi connectivity index (χ1v) is 11.4. The Balaban J connectivity index is 2.64. The van der Waals surface area contributed by atoms with Crippen molar-refractivity contribution in [3.63, 3.8) is 0 Å². The van der Waals surface area contributed by atoms with E-state index in [4.69, 9.17) is 4.74 Å². The quantitative estimate of drug-likeness (QED) is 0.418. The van der Waals surface area contributed by atoms with Gasteiger partial charge in [-0.3, -0.25) is 4.79 Å². The fraction of sp³-hybridized carbons (Fsp3) is 0.536. The third-order valence-corrected chi connectivity index (χ3v) is 6.13. The summed E-state index contributed by atoms with van der Waals surface area (Å²) in [5, 5.41) is 0. The number of hydrogen-bond donors (Lipinski definition) is 0. The third kappa shape index (κ3) is 5.97. The Labute approximate surface area is 184 Å². The minimum absolute atomic E-state index is 0.132. The molecule has 1 unspecified atom stereocenters. The Kier molecular flexibility index (Phi) is 8.29. The summed E-state index contributed by atoms with van der Waals surface area (Å²) in [4.78, 5) is 12.9. The van der Waals surface area contributed by atoms with Crippen LogP contribution in [0.25, 0.3) is 11.1 Å². The SMILES string of the molecule is CCCCc1cc(-c2c(C)ccc(C)c2C(CCC(C)(C)C)C(=O)OC)ccc1C. The molecule has 2 rings (SSSR count). The van der Waals surface area contributed by atoms with E-state index in [-0.39, 0.29) is 17.3 Å². The monoisotopic (exact) mass is 408 g/mol. The average molecular weight is 409 g/mol. The van der Waals surface area contributed by atoms with Crippen molar-refractivity contribution in [1.29, 1.82) is 0 Å². The van der Waals surface area contributed by atoms with Crippen LogP contribution in [0.3, 0.4) is 0 Å². The average Bonchev–Trinajstić information content (AvgIpc) is 2.69. The highest BCUT2D eigenvalue weighted by atomic mass is 16.5. The highest BCUT2D eigenvalue weighted by molar-refractivity contribution is 5.84. The second-order valence-corrected chi connectivity index (χ2v) is 9.91. The van der Waals surface area contributed by atoms with Crippen LogP contribution in [-0.2, 0) is 16.0 Å². The number of benzene rings is 2. The molecule has 0 spiro atoms. The molecule has 0 aromatic heterocycles. The molecule has 0 N–H and O–H groups in total. The van der Waals surface area contributed by atoms with Crippen LogP contribution in [0.4, 0.5) is 0 Å². The van der Waals surface area contributed by atoms with E-state index in [2.05, 4.69) is 78.8 Å². The van der Waals surface area contributed by atoms with Gasteiger partial charge in [0.15, 0.2) is 0 Å². The number of methoxy groups -OCH3 is 1. The number of unbranched alkanes of at least 4 members (excludes halogenated alkanes) is 1. The van der Waals surface area contributed by atoms with E-state index >= 15 is 0 Å². The van der Waals surface area contributed by atoms with Crippen LogP contribution in [-0.4, -0.2) is 13.1 Å². The van der Waals surface area contributed by atoms with Crippen LogP contribution in [0, 0.1) is 26.2 Å². The Hall–Kier alpha value is -2.09. The van der Waals surface area contributed by atoms with E-state index in [9.17, 15) is 4.79 Å². The molecule has 0 aliphatic carbocycles. The molecule has 0 bridgehead atoms. The summed E-state index contributed by atoms with van der Waals surface area (Å²) in [6, 6.07) is 11.1. The molecule has 0 amide bonds. The molecule has 0 aliphatic rings. The fourth-order valence-electron chi connectivity index (χ4n) is 4.23. The zero-order chi connectivity index (χ0) is 22.5. The first kappa shape index (κ1) is 24.2. The highest BCUT2D eigenvalue weighted by Crippen LogP contribution is 2.39. The van der Waals surface area contributed by atoms with Crippen molar-refractivity contribution < 1.29 is 9.53 Å². The molecule has 0 aliphatic heterocycles. The molecule has 0 saturated carbocycles. The first-order chi connectivity index (χ1) is 14.1. The summed E-state index contributed by atoms with van der Waals surface area (Å²) >= 11 is 0. The largest absolute Gasteiger partial charge is 0.469 e.